The lowest BCUT2D eigenvalue weighted by molar-refractivity contribution is -0.143. The van der Waals surface area contributed by atoms with Crippen LogP contribution in [-0.2, 0) is 32.9 Å². The summed E-state index contributed by atoms with van der Waals surface area (Å²) in [5.74, 6) is 1.71. The van der Waals surface area contributed by atoms with Crippen LogP contribution in [0.5, 0.6) is 5.75 Å². The molecule has 2 saturated carbocycles. The van der Waals surface area contributed by atoms with Gasteiger partial charge in [-0.15, -0.1) is 11.8 Å². The largest absolute Gasteiger partial charge is 0.490 e. The Hall–Kier alpha value is -2.83. The van der Waals surface area contributed by atoms with E-state index in [1.54, 1.807) is 11.8 Å². The minimum absolute atomic E-state index is 0.116. The lowest BCUT2D eigenvalue weighted by Gasteiger charge is -2.22. The van der Waals surface area contributed by atoms with Crippen LogP contribution in [0, 0.1) is 0 Å². The topological polar surface area (TPSA) is 57.7 Å². The number of benzene rings is 2. The molecule has 2 aliphatic rings. The van der Waals surface area contributed by atoms with Gasteiger partial charge in [0.05, 0.1) is 24.9 Å². The number of pyridine rings is 1. The number of carbonyl (C=O) groups is 1. The van der Waals surface area contributed by atoms with Crippen molar-refractivity contribution in [1.29, 1.82) is 0 Å². The second-order valence-electron chi connectivity index (χ2n) is 10.1. The van der Waals surface area contributed by atoms with Gasteiger partial charge in [-0.1, -0.05) is 31.2 Å². The van der Waals surface area contributed by atoms with Crippen LogP contribution < -0.4 is 4.74 Å². The number of rotatable bonds is 14. The Bertz CT molecular complexity index is 1250. The number of esters is 1. The lowest BCUT2D eigenvalue weighted by atomic mass is 9.96. The number of aromatic nitrogens is 1. The van der Waals surface area contributed by atoms with Gasteiger partial charge in [-0.2, -0.15) is 0 Å². The molecule has 0 aliphatic heterocycles. The number of hydrogen-bond donors (Lipinski definition) is 0. The number of aryl methyl sites for hydroxylation is 1. The van der Waals surface area contributed by atoms with Crippen molar-refractivity contribution in [2.75, 3.05) is 12.4 Å². The molecular weight excluding hydrogens is 494 g/mol. The van der Waals surface area contributed by atoms with Crippen LogP contribution in [0.4, 0.5) is 0 Å². The first kappa shape index (κ1) is 26.8. The molecule has 2 aliphatic carbocycles. The third-order valence-corrected chi connectivity index (χ3v) is 8.25. The number of nitrogens with zero attached hydrogens (tertiary/aromatic N) is 1. The van der Waals surface area contributed by atoms with Gasteiger partial charge < -0.3 is 14.2 Å². The zero-order valence-corrected chi connectivity index (χ0v) is 23.2. The number of hydrogen-bond acceptors (Lipinski definition) is 6. The van der Waals surface area contributed by atoms with E-state index in [2.05, 4.69) is 54.4 Å². The monoisotopic (exact) mass is 531 g/mol. The van der Waals surface area contributed by atoms with Gasteiger partial charge in [0.15, 0.2) is 0 Å². The summed E-state index contributed by atoms with van der Waals surface area (Å²) in [4.78, 5) is 17.3. The van der Waals surface area contributed by atoms with Crippen molar-refractivity contribution in [3.63, 3.8) is 0 Å². The molecule has 0 saturated heterocycles. The summed E-state index contributed by atoms with van der Waals surface area (Å²) in [6.45, 7) is 5.04. The molecule has 5 rings (SSSR count). The zero-order chi connectivity index (χ0) is 26.4. The zero-order valence-electron chi connectivity index (χ0n) is 22.4. The van der Waals surface area contributed by atoms with E-state index in [0.717, 1.165) is 66.7 Å². The highest BCUT2D eigenvalue weighted by atomic mass is 32.2. The Morgan fingerprint density at radius 3 is 2.66 bits per heavy atom. The second-order valence-corrected chi connectivity index (χ2v) is 11.2. The summed E-state index contributed by atoms with van der Waals surface area (Å²) in [6.07, 6.45) is 10.7. The van der Waals surface area contributed by atoms with Crippen molar-refractivity contribution in [1.82, 2.24) is 4.98 Å². The molecule has 0 spiro atoms. The molecule has 0 unspecified atom stereocenters. The highest BCUT2D eigenvalue weighted by molar-refractivity contribution is 7.99. The van der Waals surface area contributed by atoms with E-state index in [-0.39, 0.29) is 11.6 Å². The van der Waals surface area contributed by atoms with Crippen LogP contribution in [0.25, 0.3) is 11.1 Å². The Morgan fingerprint density at radius 2 is 1.89 bits per heavy atom. The van der Waals surface area contributed by atoms with Crippen LogP contribution in [0.3, 0.4) is 0 Å². The van der Waals surface area contributed by atoms with Crippen molar-refractivity contribution in [3.8, 4) is 16.9 Å². The average Bonchev–Trinajstić information content (AvgIpc) is 3.88. The molecule has 6 heteroatoms. The summed E-state index contributed by atoms with van der Waals surface area (Å²) in [5.41, 5.74) is 5.64. The minimum atomic E-state index is -0.315. The normalized spacial score (nSPS) is 15.7. The predicted octanol–water partition coefficient (Wildman–Crippen LogP) is 7.49. The summed E-state index contributed by atoms with van der Waals surface area (Å²) >= 11 is 1.78. The number of ether oxygens (including phenoxy) is 3. The fraction of sp³-hybridized carbons (Fsp3) is 0.438. The van der Waals surface area contributed by atoms with Crippen LogP contribution in [0.1, 0.15) is 69.1 Å². The van der Waals surface area contributed by atoms with E-state index in [1.165, 1.54) is 16.0 Å². The van der Waals surface area contributed by atoms with Crippen molar-refractivity contribution >= 4 is 17.7 Å². The highest BCUT2D eigenvalue weighted by Crippen LogP contribution is 2.53. The minimum Gasteiger partial charge on any atom is -0.490 e. The fourth-order valence-corrected chi connectivity index (χ4v) is 5.70. The molecule has 1 heterocycles. The molecule has 200 valence electrons. The van der Waals surface area contributed by atoms with Gasteiger partial charge in [-0.25, -0.2) is 0 Å². The van der Waals surface area contributed by atoms with Gasteiger partial charge in [0.1, 0.15) is 5.75 Å². The summed E-state index contributed by atoms with van der Waals surface area (Å²) in [5, 5.41) is 0. The Kier molecular flexibility index (Phi) is 8.70. The Morgan fingerprint density at radius 1 is 1.05 bits per heavy atom. The van der Waals surface area contributed by atoms with Crippen LogP contribution in [0.2, 0.25) is 0 Å². The molecule has 0 amide bonds. The van der Waals surface area contributed by atoms with Gasteiger partial charge in [-0.3, -0.25) is 9.78 Å². The van der Waals surface area contributed by atoms with Crippen LogP contribution in [-0.4, -0.2) is 29.4 Å². The molecule has 38 heavy (non-hydrogen) atoms. The van der Waals surface area contributed by atoms with E-state index in [4.69, 9.17) is 14.2 Å². The summed E-state index contributed by atoms with van der Waals surface area (Å²) in [7, 11) is 0. The molecule has 2 fully saturated rings. The summed E-state index contributed by atoms with van der Waals surface area (Å²) in [6, 6.07) is 17.1. The average molecular weight is 532 g/mol. The van der Waals surface area contributed by atoms with Gasteiger partial charge in [0.25, 0.3) is 0 Å². The SMILES string of the molecule is CCOC(=O)CCCSc1ccc(CC)c(COC2(c3cnccc3-c3ccccc3OC3CC3)CC2)c1. The first-order chi connectivity index (χ1) is 18.6. The standard InChI is InChI=1S/C32H37NO4S/c1-3-23-11-14-26(38-19-7-10-31(34)35-4-2)20-24(23)22-36-32(16-17-32)29-21-33-18-15-27(29)28-8-5-6-9-30(28)37-25-12-13-25/h5-6,8-9,11,14-15,18,20-21,25H,3-4,7,10,12-13,16-17,19,22H2,1-2H3. The van der Waals surface area contributed by atoms with E-state index < -0.39 is 0 Å². The molecule has 3 aromatic rings. The quantitative estimate of drug-likeness (QED) is 0.122. The van der Waals surface area contributed by atoms with Gasteiger partial charge in [-0.05, 0) is 92.2 Å². The molecule has 0 radical (unpaired) electrons. The fourth-order valence-electron chi connectivity index (χ4n) is 4.78. The molecule has 1 aromatic heterocycles. The third-order valence-electron chi connectivity index (χ3n) is 7.17. The van der Waals surface area contributed by atoms with Gasteiger partial charge in [0, 0.05) is 34.8 Å². The number of thioether (sulfide) groups is 1. The third kappa shape index (κ3) is 6.59. The van der Waals surface area contributed by atoms with Gasteiger partial charge >= 0.3 is 5.97 Å². The van der Waals surface area contributed by atoms with E-state index in [0.29, 0.717) is 25.7 Å². The molecule has 0 bridgehead atoms. The van der Waals surface area contributed by atoms with Crippen molar-refractivity contribution in [2.45, 2.75) is 82.0 Å². The van der Waals surface area contributed by atoms with Crippen molar-refractivity contribution < 1.29 is 19.0 Å². The lowest BCUT2D eigenvalue weighted by Crippen LogP contribution is -2.15. The molecule has 0 N–H and O–H groups in total. The first-order valence-electron chi connectivity index (χ1n) is 13.9. The summed E-state index contributed by atoms with van der Waals surface area (Å²) < 4.78 is 18.0. The van der Waals surface area contributed by atoms with E-state index in [9.17, 15) is 4.79 Å². The second kappa shape index (κ2) is 12.4. The molecule has 2 aromatic carbocycles. The van der Waals surface area contributed by atoms with Gasteiger partial charge in [0.2, 0.25) is 0 Å². The molecule has 5 nitrogen and oxygen atoms in total. The molecular formula is C32H37NO4S. The smallest absolute Gasteiger partial charge is 0.305 e. The number of para-hydroxylation sites is 1. The van der Waals surface area contributed by atoms with E-state index >= 15 is 0 Å². The van der Waals surface area contributed by atoms with Crippen LogP contribution >= 0.6 is 11.8 Å². The molecule has 0 atom stereocenters. The van der Waals surface area contributed by atoms with E-state index in [1.807, 2.05) is 25.4 Å². The Labute approximate surface area is 230 Å². The van der Waals surface area contributed by atoms with Crippen molar-refractivity contribution in [3.05, 3.63) is 77.6 Å². The predicted molar refractivity (Wildman–Crippen MR) is 151 cm³/mol. The number of carbonyl (C=O) groups excluding carboxylic acids is 1. The van der Waals surface area contributed by atoms with Crippen LogP contribution in [0.15, 0.2) is 65.8 Å². The maximum absolute atomic E-state index is 11.6. The Balaban J connectivity index is 1.29. The first-order valence-corrected chi connectivity index (χ1v) is 14.8. The maximum atomic E-state index is 11.6. The van der Waals surface area contributed by atoms with Crippen molar-refractivity contribution in [2.24, 2.45) is 0 Å². The maximum Gasteiger partial charge on any atom is 0.305 e. The highest BCUT2D eigenvalue weighted by Gasteiger charge is 2.47.